The topological polar surface area (TPSA) is 55.2 Å². The molecule has 0 radical (unpaired) electrons. The van der Waals surface area contributed by atoms with E-state index in [-0.39, 0.29) is 11.5 Å². The Balaban J connectivity index is 1.69. The van der Waals surface area contributed by atoms with Crippen LogP contribution in [0.25, 0.3) is 27.4 Å². The molecular formula is C35H37N3O2. The molecule has 1 amide bonds. The van der Waals surface area contributed by atoms with E-state index in [0.29, 0.717) is 28.8 Å². The van der Waals surface area contributed by atoms with Crippen molar-refractivity contribution in [2.75, 3.05) is 6.54 Å². The molecule has 0 N–H and O–H groups in total. The van der Waals surface area contributed by atoms with Crippen molar-refractivity contribution in [3.8, 4) is 5.69 Å². The van der Waals surface area contributed by atoms with Gasteiger partial charge in [0.15, 0.2) is 0 Å². The number of rotatable bonds is 10. The minimum Gasteiger partial charge on any atom is -0.329 e. The first-order valence-electron chi connectivity index (χ1n) is 14.4. The number of unbranched alkanes of at least 4 members (excludes halogenated alkanes) is 3. The molecule has 0 aliphatic carbocycles. The first-order chi connectivity index (χ1) is 19.5. The van der Waals surface area contributed by atoms with Crippen LogP contribution in [0.1, 0.15) is 74.2 Å². The Morgan fingerprint density at radius 3 is 2.33 bits per heavy atom. The zero-order valence-electron chi connectivity index (χ0n) is 23.6. The zero-order valence-corrected chi connectivity index (χ0v) is 23.6. The van der Waals surface area contributed by atoms with Crippen LogP contribution in [-0.2, 0) is 6.42 Å². The predicted octanol–water partition coefficient (Wildman–Crippen LogP) is 7.89. The summed E-state index contributed by atoms with van der Waals surface area (Å²) >= 11 is 0. The van der Waals surface area contributed by atoms with Gasteiger partial charge < -0.3 is 4.90 Å². The Kier molecular flexibility index (Phi) is 8.40. The lowest BCUT2D eigenvalue weighted by molar-refractivity contribution is 0.0679. The van der Waals surface area contributed by atoms with E-state index in [4.69, 9.17) is 4.98 Å². The first-order valence-corrected chi connectivity index (χ1v) is 14.4. The van der Waals surface area contributed by atoms with Crippen LogP contribution in [0.3, 0.4) is 0 Å². The van der Waals surface area contributed by atoms with Crippen molar-refractivity contribution in [1.29, 1.82) is 0 Å². The fourth-order valence-corrected chi connectivity index (χ4v) is 5.58. The van der Waals surface area contributed by atoms with Gasteiger partial charge in [0.25, 0.3) is 11.5 Å². The van der Waals surface area contributed by atoms with E-state index in [1.807, 2.05) is 96.8 Å². The number of aryl methyl sites for hydroxylation is 1. The van der Waals surface area contributed by atoms with E-state index in [2.05, 4.69) is 19.9 Å². The Labute approximate surface area is 236 Å². The van der Waals surface area contributed by atoms with Gasteiger partial charge in [-0.3, -0.25) is 14.2 Å². The van der Waals surface area contributed by atoms with Crippen molar-refractivity contribution in [2.24, 2.45) is 0 Å². The van der Waals surface area contributed by atoms with Crippen molar-refractivity contribution in [3.05, 3.63) is 118 Å². The molecule has 0 fully saturated rings. The maximum absolute atomic E-state index is 14.4. The third-order valence-corrected chi connectivity index (χ3v) is 7.79. The van der Waals surface area contributed by atoms with Crippen molar-refractivity contribution in [1.82, 2.24) is 14.5 Å². The molecule has 1 atom stereocenters. The monoisotopic (exact) mass is 531 g/mol. The van der Waals surface area contributed by atoms with E-state index >= 15 is 0 Å². The van der Waals surface area contributed by atoms with Gasteiger partial charge in [0, 0.05) is 12.1 Å². The van der Waals surface area contributed by atoms with Crippen LogP contribution >= 0.6 is 0 Å². The molecule has 0 bridgehead atoms. The molecule has 0 aliphatic heterocycles. The van der Waals surface area contributed by atoms with Crippen LogP contribution in [0.4, 0.5) is 0 Å². The number of amides is 1. The Morgan fingerprint density at radius 1 is 0.825 bits per heavy atom. The summed E-state index contributed by atoms with van der Waals surface area (Å²) in [6.07, 6.45) is 4.94. The predicted molar refractivity (Wildman–Crippen MR) is 164 cm³/mol. The molecule has 5 nitrogen and oxygen atoms in total. The van der Waals surface area contributed by atoms with E-state index in [1.54, 1.807) is 4.57 Å². The maximum atomic E-state index is 14.4. The van der Waals surface area contributed by atoms with Gasteiger partial charge in [-0.2, -0.15) is 0 Å². The molecule has 1 aromatic heterocycles. The molecule has 0 spiro atoms. The van der Waals surface area contributed by atoms with Crippen LogP contribution in [0.2, 0.25) is 0 Å². The number of nitrogens with zero attached hydrogens (tertiary/aromatic N) is 3. The number of hydrogen-bond donors (Lipinski definition) is 0. The SMILES string of the molecule is CCCCCCN(C(=O)c1cccc2ccccc12)C(C)c1nc2ccccc2c(=O)n1-c1ccccc1CC. The molecule has 5 heteroatoms. The van der Waals surface area contributed by atoms with E-state index in [0.717, 1.165) is 54.1 Å². The normalized spacial score (nSPS) is 12.1. The molecule has 204 valence electrons. The Bertz CT molecular complexity index is 1700. The van der Waals surface area contributed by atoms with Gasteiger partial charge in [0.05, 0.1) is 22.6 Å². The number of hydrogen-bond acceptors (Lipinski definition) is 3. The second-order valence-electron chi connectivity index (χ2n) is 10.4. The van der Waals surface area contributed by atoms with Crippen LogP contribution in [0, 0.1) is 0 Å². The summed E-state index contributed by atoms with van der Waals surface area (Å²) in [4.78, 5) is 35.4. The summed E-state index contributed by atoms with van der Waals surface area (Å²) in [5, 5.41) is 2.53. The largest absolute Gasteiger partial charge is 0.329 e. The molecule has 5 aromatic rings. The number of fused-ring (bicyclic) bond motifs is 2. The quantitative estimate of drug-likeness (QED) is 0.172. The molecule has 0 saturated heterocycles. The summed E-state index contributed by atoms with van der Waals surface area (Å²) in [6.45, 7) is 6.86. The minimum absolute atomic E-state index is 0.0430. The van der Waals surface area contributed by atoms with Crippen molar-refractivity contribution in [2.45, 2.75) is 58.9 Å². The molecule has 1 heterocycles. The summed E-state index contributed by atoms with van der Waals surface area (Å²) in [6, 6.07) is 28.9. The summed E-state index contributed by atoms with van der Waals surface area (Å²) in [7, 11) is 0. The second kappa shape index (κ2) is 12.3. The van der Waals surface area contributed by atoms with Gasteiger partial charge in [-0.25, -0.2) is 4.98 Å². The van der Waals surface area contributed by atoms with Gasteiger partial charge in [-0.15, -0.1) is 0 Å². The number of para-hydroxylation sites is 2. The molecular weight excluding hydrogens is 494 g/mol. The molecule has 5 rings (SSSR count). The van der Waals surface area contributed by atoms with Crippen LogP contribution in [0.5, 0.6) is 0 Å². The highest BCUT2D eigenvalue weighted by Gasteiger charge is 2.28. The molecule has 1 unspecified atom stereocenters. The highest BCUT2D eigenvalue weighted by molar-refractivity contribution is 6.07. The lowest BCUT2D eigenvalue weighted by Gasteiger charge is -2.31. The average Bonchev–Trinajstić information content (AvgIpc) is 3.00. The lowest BCUT2D eigenvalue weighted by Crippen LogP contribution is -2.38. The van der Waals surface area contributed by atoms with E-state index in [1.165, 1.54) is 0 Å². The summed E-state index contributed by atoms with van der Waals surface area (Å²) < 4.78 is 1.74. The third kappa shape index (κ3) is 5.29. The average molecular weight is 532 g/mol. The third-order valence-electron chi connectivity index (χ3n) is 7.79. The van der Waals surface area contributed by atoms with Gasteiger partial charge in [-0.05, 0) is 60.4 Å². The van der Waals surface area contributed by atoms with Crippen molar-refractivity contribution >= 4 is 27.6 Å². The lowest BCUT2D eigenvalue weighted by atomic mass is 10.0. The van der Waals surface area contributed by atoms with Crippen LogP contribution in [0.15, 0.2) is 95.8 Å². The van der Waals surface area contributed by atoms with E-state index < -0.39 is 6.04 Å². The number of carbonyl (C=O) groups is 1. The van der Waals surface area contributed by atoms with Gasteiger partial charge in [0.2, 0.25) is 0 Å². The molecule has 0 aliphatic rings. The fourth-order valence-electron chi connectivity index (χ4n) is 5.58. The van der Waals surface area contributed by atoms with Gasteiger partial charge in [0.1, 0.15) is 5.82 Å². The standard InChI is InChI=1S/C35H37N3O2/c1-4-6-7-14-24-37(34(39)29-21-15-18-27-17-8-10-19-28(27)29)25(3)33-36-31-22-12-11-20-30(31)35(40)38(33)32-23-13-9-16-26(32)5-2/h8-13,15-23,25H,4-7,14,24H2,1-3H3. The molecule has 0 saturated carbocycles. The highest BCUT2D eigenvalue weighted by atomic mass is 16.2. The van der Waals surface area contributed by atoms with Gasteiger partial charge in [-0.1, -0.05) is 99.8 Å². The number of carbonyl (C=O) groups excluding carboxylic acids is 1. The Hall–Kier alpha value is -4.25. The fraction of sp³-hybridized carbons (Fsp3) is 0.286. The highest BCUT2D eigenvalue weighted by Crippen LogP contribution is 2.28. The van der Waals surface area contributed by atoms with Gasteiger partial charge >= 0.3 is 0 Å². The number of benzene rings is 4. The van der Waals surface area contributed by atoms with Crippen molar-refractivity contribution in [3.63, 3.8) is 0 Å². The van der Waals surface area contributed by atoms with Crippen LogP contribution in [-0.4, -0.2) is 26.9 Å². The number of aromatic nitrogens is 2. The molecule has 40 heavy (non-hydrogen) atoms. The minimum atomic E-state index is -0.435. The van der Waals surface area contributed by atoms with E-state index in [9.17, 15) is 9.59 Å². The van der Waals surface area contributed by atoms with Crippen LogP contribution < -0.4 is 5.56 Å². The summed E-state index contributed by atoms with van der Waals surface area (Å²) in [5.74, 6) is 0.534. The maximum Gasteiger partial charge on any atom is 0.266 e. The molecule has 4 aromatic carbocycles. The Morgan fingerprint density at radius 2 is 1.52 bits per heavy atom. The first kappa shape index (κ1) is 27.3. The second-order valence-corrected chi connectivity index (χ2v) is 10.4. The zero-order chi connectivity index (χ0) is 28.1. The smallest absolute Gasteiger partial charge is 0.266 e. The van der Waals surface area contributed by atoms with Crippen molar-refractivity contribution < 1.29 is 4.79 Å². The summed E-state index contributed by atoms with van der Waals surface area (Å²) in [5.41, 5.74) is 3.08.